The highest BCUT2D eigenvalue weighted by molar-refractivity contribution is 5.80. The predicted molar refractivity (Wildman–Crippen MR) is 73.9 cm³/mol. The second-order valence-electron chi connectivity index (χ2n) is 5.46. The molecule has 1 heterocycles. The van der Waals surface area contributed by atoms with E-state index in [1.54, 1.807) is 13.0 Å². The fourth-order valence-corrected chi connectivity index (χ4v) is 2.93. The van der Waals surface area contributed by atoms with Crippen molar-refractivity contribution in [2.24, 2.45) is 0 Å². The Morgan fingerprint density at radius 2 is 1.95 bits per heavy atom. The van der Waals surface area contributed by atoms with Crippen LogP contribution in [-0.4, -0.2) is 53.2 Å². The molecule has 0 aromatic heterocycles. The van der Waals surface area contributed by atoms with Crippen LogP contribution in [0, 0.1) is 0 Å². The number of allylic oxidation sites excluding steroid dienone is 2. The maximum atomic E-state index is 12.0. The first-order chi connectivity index (χ1) is 9.02. The molecule has 19 heavy (non-hydrogen) atoms. The van der Waals surface area contributed by atoms with E-state index in [2.05, 4.69) is 4.90 Å². The highest BCUT2D eigenvalue weighted by Crippen LogP contribution is 2.38. The largest absolute Gasteiger partial charge is 0.384 e. The Hall–Kier alpha value is -0.970. The van der Waals surface area contributed by atoms with E-state index >= 15 is 0 Å². The van der Waals surface area contributed by atoms with Gasteiger partial charge in [-0.15, -0.1) is 0 Å². The monoisotopic (exact) mass is 265 g/mol. The lowest BCUT2D eigenvalue weighted by atomic mass is 9.72. The molecule has 1 fully saturated rings. The summed E-state index contributed by atoms with van der Waals surface area (Å²) in [6.45, 7) is 6.43. The zero-order valence-electron chi connectivity index (χ0n) is 11.8. The summed E-state index contributed by atoms with van der Waals surface area (Å²) in [5.74, 6) is 0.173. The van der Waals surface area contributed by atoms with Gasteiger partial charge in [0.1, 0.15) is 11.4 Å². The minimum absolute atomic E-state index is 0.173. The van der Waals surface area contributed by atoms with Crippen molar-refractivity contribution in [1.29, 1.82) is 0 Å². The van der Waals surface area contributed by atoms with E-state index in [4.69, 9.17) is 4.74 Å². The summed E-state index contributed by atoms with van der Waals surface area (Å²) in [4.78, 5) is 14.2. The average Bonchev–Trinajstić information content (AvgIpc) is 2.42. The lowest BCUT2D eigenvalue weighted by molar-refractivity contribution is -0.129. The van der Waals surface area contributed by atoms with Gasteiger partial charge in [0, 0.05) is 25.9 Å². The Balaban J connectivity index is 2.34. The van der Waals surface area contributed by atoms with Crippen LogP contribution in [-0.2, 0) is 9.53 Å². The van der Waals surface area contributed by atoms with Gasteiger partial charge in [-0.2, -0.15) is 0 Å². The quantitative estimate of drug-likeness (QED) is 0.832. The Morgan fingerprint density at radius 3 is 2.53 bits per heavy atom. The number of aliphatic hydroxyl groups is 1. The summed E-state index contributed by atoms with van der Waals surface area (Å²) in [5, 5.41) is 10.8. The van der Waals surface area contributed by atoms with Crippen LogP contribution < -0.4 is 0 Å². The molecule has 1 aliphatic heterocycles. The van der Waals surface area contributed by atoms with Gasteiger partial charge >= 0.3 is 0 Å². The summed E-state index contributed by atoms with van der Waals surface area (Å²) in [7, 11) is 0. The SMILES string of the molecule is CCC(=O)CC1(N2CCOCC2)C=CC=CC1(C)O. The number of Topliss-reactive ketones (excluding diaryl/α,β-unsaturated/α-hetero) is 1. The van der Waals surface area contributed by atoms with Crippen molar-refractivity contribution in [3.63, 3.8) is 0 Å². The summed E-state index contributed by atoms with van der Waals surface area (Å²) < 4.78 is 5.38. The van der Waals surface area contributed by atoms with Crippen LogP contribution in [0.5, 0.6) is 0 Å². The maximum absolute atomic E-state index is 12.0. The Morgan fingerprint density at radius 1 is 1.32 bits per heavy atom. The van der Waals surface area contributed by atoms with E-state index in [1.165, 1.54) is 0 Å². The van der Waals surface area contributed by atoms with Crippen molar-refractivity contribution in [2.45, 2.75) is 37.8 Å². The molecular formula is C15H23NO3. The molecule has 4 nitrogen and oxygen atoms in total. The van der Waals surface area contributed by atoms with Crippen LogP contribution in [0.2, 0.25) is 0 Å². The van der Waals surface area contributed by atoms with Crippen LogP contribution >= 0.6 is 0 Å². The zero-order chi connectivity index (χ0) is 13.9. The van der Waals surface area contributed by atoms with Gasteiger partial charge in [-0.05, 0) is 6.92 Å². The van der Waals surface area contributed by atoms with Crippen molar-refractivity contribution in [1.82, 2.24) is 4.90 Å². The summed E-state index contributed by atoms with van der Waals surface area (Å²) in [6.07, 6.45) is 8.37. The molecule has 1 saturated heterocycles. The van der Waals surface area contributed by atoms with Gasteiger partial charge in [-0.3, -0.25) is 9.69 Å². The molecule has 1 aliphatic carbocycles. The normalized spacial score (nSPS) is 35.5. The van der Waals surface area contributed by atoms with E-state index in [-0.39, 0.29) is 5.78 Å². The number of morpholine rings is 1. The number of carbonyl (C=O) groups is 1. The third-order valence-electron chi connectivity index (χ3n) is 4.22. The van der Waals surface area contributed by atoms with Gasteiger partial charge in [0.15, 0.2) is 0 Å². The number of ether oxygens (including phenoxy) is 1. The van der Waals surface area contributed by atoms with Crippen molar-refractivity contribution in [3.8, 4) is 0 Å². The van der Waals surface area contributed by atoms with Crippen LogP contribution in [0.3, 0.4) is 0 Å². The molecule has 0 amide bonds. The smallest absolute Gasteiger partial charge is 0.134 e. The Kier molecular flexibility index (Phi) is 4.23. The minimum Gasteiger partial charge on any atom is -0.384 e. The van der Waals surface area contributed by atoms with Gasteiger partial charge in [0.2, 0.25) is 0 Å². The molecule has 106 valence electrons. The van der Waals surface area contributed by atoms with E-state index < -0.39 is 11.1 Å². The van der Waals surface area contributed by atoms with Crippen molar-refractivity contribution in [2.75, 3.05) is 26.3 Å². The molecule has 2 rings (SSSR count). The summed E-state index contributed by atoms with van der Waals surface area (Å²) in [5.41, 5.74) is -1.68. The molecule has 2 atom stereocenters. The van der Waals surface area contributed by atoms with Crippen LogP contribution in [0.15, 0.2) is 24.3 Å². The lowest BCUT2D eigenvalue weighted by Gasteiger charge is -2.51. The van der Waals surface area contributed by atoms with Crippen molar-refractivity contribution >= 4 is 5.78 Å². The summed E-state index contributed by atoms with van der Waals surface area (Å²) in [6, 6.07) is 0. The number of rotatable bonds is 4. The molecule has 4 heteroatoms. The van der Waals surface area contributed by atoms with Gasteiger partial charge < -0.3 is 9.84 Å². The van der Waals surface area contributed by atoms with Gasteiger partial charge in [-0.25, -0.2) is 0 Å². The number of carbonyl (C=O) groups excluding carboxylic acids is 1. The Labute approximate surface area is 114 Å². The number of ketones is 1. The minimum atomic E-state index is -1.04. The topological polar surface area (TPSA) is 49.8 Å². The highest BCUT2D eigenvalue weighted by atomic mass is 16.5. The van der Waals surface area contributed by atoms with Gasteiger partial charge in [0.05, 0.1) is 18.8 Å². The molecule has 0 bridgehead atoms. The molecule has 2 aliphatic rings. The second kappa shape index (κ2) is 5.57. The second-order valence-corrected chi connectivity index (χ2v) is 5.46. The number of nitrogens with zero attached hydrogens (tertiary/aromatic N) is 1. The van der Waals surface area contributed by atoms with E-state index in [0.717, 1.165) is 13.1 Å². The lowest BCUT2D eigenvalue weighted by Crippen LogP contribution is -2.65. The van der Waals surface area contributed by atoms with Crippen molar-refractivity contribution in [3.05, 3.63) is 24.3 Å². The van der Waals surface area contributed by atoms with Gasteiger partial charge in [-0.1, -0.05) is 31.2 Å². The first-order valence-electron chi connectivity index (χ1n) is 6.96. The fourth-order valence-electron chi connectivity index (χ4n) is 2.93. The number of hydrogen-bond donors (Lipinski definition) is 1. The molecule has 1 N–H and O–H groups in total. The van der Waals surface area contributed by atoms with E-state index in [0.29, 0.717) is 26.1 Å². The molecule has 0 radical (unpaired) electrons. The maximum Gasteiger partial charge on any atom is 0.134 e. The first-order valence-corrected chi connectivity index (χ1v) is 6.96. The zero-order valence-corrected chi connectivity index (χ0v) is 11.8. The fraction of sp³-hybridized carbons (Fsp3) is 0.667. The van der Waals surface area contributed by atoms with Gasteiger partial charge in [0.25, 0.3) is 0 Å². The van der Waals surface area contributed by atoms with Crippen LogP contribution in [0.1, 0.15) is 26.7 Å². The predicted octanol–water partition coefficient (Wildman–Crippen LogP) is 1.30. The molecule has 2 unspecified atom stereocenters. The molecule has 0 spiro atoms. The molecule has 0 aromatic rings. The average molecular weight is 265 g/mol. The summed E-state index contributed by atoms with van der Waals surface area (Å²) >= 11 is 0. The standard InChI is InChI=1S/C15H23NO3/c1-3-13(17)12-15(16-8-10-19-11-9-16)7-5-4-6-14(15,2)18/h4-7,18H,3,8-12H2,1-2H3. The third kappa shape index (κ3) is 2.66. The van der Waals surface area contributed by atoms with Crippen LogP contribution in [0.4, 0.5) is 0 Å². The highest BCUT2D eigenvalue weighted by Gasteiger charge is 2.50. The van der Waals surface area contributed by atoms with Crippen molar-refractivity contribution < 1.29 is 14.6 Å². The third-order valence-corrected chi connectivity index (χ3v) is 4.22. The van der Waals surface area contributed by atoms with Crippen LogP contribution in [0.25, 0.3) is 0 Å². The van der Waals surface area contributed by atoms with E-state index in [1.807, 2.05) is 25.2 Å². The molecular weight excluding hydrogens is 242 g/mol. The Bertz CT molecular complexity index is 394. The number of hydrogen-bond acceptors (Lipinski definition) is 4. The first kappa shape index (κ1) is 14.4. The molecule has 0 saturated carbocycles. The van der Waals surface area contributed by atoms with E-state index in [9.17, 15) is 9.90 Å². The molecule has 0 aromatic carbocycles.